The average Bonchev–Trinajstić information content (AvgIpc) is 3.21. The number of nitrogens with one attached hydrogen (secondary N) is 1. The first-order valence-corrected chi connectivity index (χ1v) is 14.1. The molecule has 8 nitrogen and oxygen atoms in total. The van der Waals surface area contributed by atoms with Gasteiger partial charge in [-0.2, -0.15) is 0 Å². The van der Waals surface area contributed by atoms with Crippen molar-refractivity contribution >= 4 is 39.0 Å². The Hall–Kier alpha value is -2.53. The van der Waals surface area contributed by atoms with Gasteiger partial charge in [-0.25, -0.2) is 19.3 Å². The Kier molecular flexibility index (Phi) is 10.0. The van der Waals surface area contributed by atoms with Gasteiger partial charge in [0.15, 0.2) is 5.13 Å². The number of pyridine rings is 1. The molecule has 1 unspecified atom stereocenters. The molecule has 190 valence electrons. The molecule has 1 saturated heterocycles. The Morgan fingerprint density at radius 1 is 1.14 bits per heavy atom. The van der Waals surface area contributed by atoms with Gasteiger partial charge in [0.25, 0.3) is 0 Å². The summed E-state index contributed by atoms with van der Waals surface area (Å²) < 4.78 is 17.6. The van der Waals surface area contributed by atoms with Crippen LogP contribution >= 0.6 is 11.3 Å². The molecule has 1 aliphatic rings. The van der Waals surface area contributed by atoms with Crippen LogP contribution in [0.4, 0.5) is 16.6 Å². The fraction of sp³-hybridized carbons (Fsp3) is 0.440. The third-order valence-corrected chi connectivity index (χ3v) is 6.86. The van der Waals surface area contributed by atoms with Crippen LogP contribution in [0.1, 0.15) is 34.1 Å². The molecule has 0 saturated carbocycles. The SMILES string of the molecule is CC.CC(C)Oc1ccc(S(N)=O)cc1Nc1nc(-c2ccc(N3CCCN(C)CC3)nc2)cs1. The monoisotopic (exact) mass is 516 g/mol. The number of hydrogen-bond donors (Lipinski definition) is 2. The van der Waals surface area contributed by atoms with E-state index in [1.54, 1.807) is 18.2 Å². The van der Waals surface area contributed by atoms with Gasteiger partial charge in [-0.1, -0.05) is 13.8 Å². The van der Waals surface area contributed by atoms with Crippen LogP contribution < -0.4 is 20.1 Å². The van der Waals surface area contributed by atoms with E-state index in [9.17, 15) is 4.21 Å². The number of nitrogens with two attached hydrogens (primary N) is 1. The standard InChI is InChI=1S/C23H30N6O2S2.C2H6/c1-16(2)31-21-7-6-18(33(24)30)13-19(21)26-23-27-20(15-32-23)17-5-8-22(25-14-17)29-10-4-9-28(3)11-12-29;1-2/h5-8,13-16H,4,9-12,24H2,1-3H3,(H,26,27);1-2H3. The van der Waals surface area contributed by atoms with Crippen molar-refractivity contribution in [2.75, 3.05) is 43.4 Å². The van der Waals surface area contributed by atoms with E-state index >= 15 is 0 Å². The van der Waals surface area contributed by atoms with Crippen LogP contribution in [0.15, 0.2) is 46.8 Å². The molecule has 10 heteroatoms. The van der Waals surface area contributed by atoms with Crippen molar-refractivity contribution in [2.45, 2.75) is 45.1 Å². The van der Waals surface area contributed by atoms with E-state index in [-0.39, 0.29) is 6.10 Å². The summed E-state index contributed by atoms with van der Waals surface area (Å²) in [6.07, 6.45) is 3.03. The van der Waals surface area contributed by atoms with Gasteiger partial charge in [-0.15, -0.1) is 11.3 Å². The van der Waals surface area contributed by atoms with Crippen molar-refractivity contribution in [1.82, 2.24) is 14.9 Å². The van der Waals surface area contributed by atoms with E-state index in [2.05, 4.69) is 34.3 Å². The van der Waals surface area contributed by atoms with Crippen LogP contribution in [-0.4, -0.2) is 58.4 Å². The predicted molar refractivity (Wildman–Crippen MR) is 147 cm³/mol. The summed E-state index contributed by atoms with van der Waals surface area (Å²) in [5, 5.41) is 11.6. The fourth-order valence-electron chi connectivity index (χ4n) is 3.67. The minimum absolute atomic E-state index is 0.000758. The molecule has 0 spiro atoms. The van der Waals surface area contributed by atoms with Crippen LogP contribution in [0.5, 0.6) is 5.75 Å². The molecule has 3 N–H and O–H groups in total. The highest BCUT2D eigenvalue weighted by Crippen LogP contribution is 2.33. The zero-order chi connectivity index (χ0) is 25.4. The zero-order valence-corrected chi connectivity index (χ0v) is 22.8. The number of thiazole rings is 1. The highest BCUT2D eigenvalue weighted by Gasteiger charge is 2.15. The van der Waals surface area contributed by atoms with Crippen molar-refractivity contribution in [3.8, 4) is 17.0 Å². The molecule has 1 aliphatic heterocycles. The topological polar surface area (TPSA) is 96.6 Å². The molecule has 0 amide bonds. The van der Waals surface area contributed by atoms with Gasteiger partial charge in [0.1, 0.15) is 22.6 Å². The van der Waals surface area contributed by atoms with E-state index in [0.717, 1.165) is 49.7 Å². The number of likely N-dealkylation sites (N-methyl/N-ethyl adjacent to an activating group) is 1. The molecule has 3 heterocycles. The third kappa shape index (κ3) is 7.47. The largest absolute Gasteiger partial charge is 0.489 e. The maximum Gasteiger partial charge on any atom is 0.187 e. The summed E-state index contributed by atoms with van der Waals surface area (Å²) in [6.45, 7) is 12.1. The lowest BCUT2D eigenvalue weighted by Gasteiger charge is -2.21. The second kappa shape index (κ2) is 13.0. The van der Waals surface area contributed by atoms with E-state index in [1.165, 1.54) is 11.3 Å². The van der Waals surface area contributed by atoms with Crippen molar-refractivity contribution in [3.63, 3.8) is 0 Å². The molecule has 2 aromatic heterocycles. The molecule has 0 bridgehead atoms. The lowest BCUT2D eigenvalue weighted by atomic mass is 10.2. The van der Waals surface area contributed by atoms with Crippen LogP contribution in [-0.2, 0) is 11.0 Å². The Morgan fingerprint density at radius 2 is 1.94 bits per heavy atom. The molecular formula is C25H36N6O2S2. The number of hydrogen-bond acceptors (Lipinski definition) is 8. The summed E-state index contributed by atoms with van der Waals surface area (Å²) in [5.74, 6) is 1.66. The van der Waals surface area contributed by atoms with Crippen LogP contribution in [0.2, 0.25) is 0 Å². The summed E-state index contributed by atoms with van der Waals surface area (Å²) in [4.78, 5) is 14.6. The van der Waals surface area contributed by atoms with Crippen LogP contribution in [0.3, 0.4) is 0 Å². The second-order valence-electron chi connectivity index (χ2n) is 8.33. The van der Waals surface area contributed by atoms with Crippen molar-refractivity contribution in [2.24, 2.45) is 5.14 Å². The van der Waals surface area contributed by atoms with Crippen LogP contribution in [0, 0.1) is 0 Å². The molecule has 1 aromatic carbocycles. The normalized spacial score (nSPS) is 15.2. The molecule has 4 rings (SSSR count). The van der Waals surface area contributed by atoms with Gasteiger partial charge in [-0.3, -0.25) is 0 Å². The first kappa shape index (κ1) is 27.1. The Balaban J connectivity index is 0.00000167. The van der Waals surface area contributed by atoms with E-state index < -0.39 is 11.0 Å². The van der Waals surface area contributed by atoms with Crippen molar-refractivity contribution in [3.05, 3.63) is 41.9 Å². The van der Waals surface area contributed by atoms with Crippen LogP contribution in [0.25, 0.3) is 11.3 Å². The van der Waals surface area contributed by atoms with E-state index in [0.29, 0.717) is 21.5 Å². The minimum atomic E-state index is -1.58. The van der Waals surface area contributed by atoms with Crippen molar-refractivity contribution in [1.29, 1.82) is 0 Å². The third-order valence-electron chi connectivity index (χ3n) is 5.38. The summed E-state index contributed by atoms with van der Waals surface area (Å²) in [7, 11) is 0.586. The predicted octanol–water partition coefficient (Wildman–Crippen LogP) is 4.89. The molecule has 35 heavy (non-hydrogen) atoms. The number of rotatable bonds is 7. The van der Waals surface area contributed by atoms with Crippen molar-refractivity contribution < 1.29 is 8.95 Å². The van der Waals surface area contributed by atoms with Gasteiger partial charge in [-0.05, 0) is 64.2 Å². The summed E-state index contributed by atoms with van der Waals surface area (Å²) in [5.41, 5.74) is 2.49. The first-order chi connectivity index (χ1) is 16.9. The van der Waals surface area contributed by atoms with E-state index in [4.69, 9.17) is 19.8 Å². The maximum atomic E-state index is 11.7. The van der Waals surface area contributed by atoms with Gasteiger partial charge < -0.3 is 19.9 Å². The Bertz CT molecular complexity index is 1100. The van der Waals surface area contributed by atoms with E-state index in [1.807, 2.05) is 39.3 Å². The lowest BCUT2D eigenvalue weighted by molar-refractivity contribution is 0.243. The van der Waals surface area contributed by atoms with Gasteiger partial charge in [0.2, 0.25) is 0 Å². The Labute approximate surface area is 215 Å². The molecule has 0 aliphatic carbocycles. The fourth-order valence-corrected chi connectivity index (χ4v) is 4.84. The Morgan fingerprint density at radius 3 is 2.63 bits per heavy atom. The van der Waals surface area contributed by atoms with Gasteiger partial charge in [0.05, 0.1) is 22.4 Å². The molecule has 3 aromatic rings. The van der Waals surface area contributed by atoms with Gasteiger partial charge in [0, 0.05) is 36.8 Å². The summed E-state index contributed by atoms with van der Waals surface area (Å²) >= 11 is 1.49. The number of aromatic nitrogens is 2. The number of nitrogens with zero attached hydrogens (tertiary/aromatic N) is 4. The number of anilines is 3. The smallest absolute Gasteiger partial charge is 0.187 e. The zero-order valence-electron chi connectivity index (χ0n) is 21.2. The maximum absolute atomic E-state index is 11.7. The quantitative estimate of drug-likeness (QED) is 0.462. The molecule has 1 fully saturated rings. The highest BCUT2D eigenvalue weighted by molar-refractivity contribution is 7.82. The molecule has 1 atom stereocenters. The lowest BCUT2D eigenvalue weighted by Crippen LogP contribution is -2.29. The first-order valence-electron chi connectivity index (χ1n) is 12.0. The number of ether oxygens (including phenoxy) is 1. The highest BCUT2D eigenvalue weighted by atomic mass is 32.2. The number of benzene rings is 1. The summed E-state index contributed by atoms with van der Waals surface area (Å²) in [6, 6.07) is 9.37. The van der Waals surface area contributed by atoms with Gasteiger partial charge >= 0.3 is 0 Å². The second-order valence-corrected chi connectivity index (χ2v) is 10.3. The minimum Gasteiger partial charge on any atom is -0.489 e. The molecule has 0 radical (unpaired) electrons. The molecular weight excluding hydrogens is 480 g/mol. The average molecular weight is 517 g/mol.